The number of fused-ring (bicyclic) bond motifs is 1. The van der Waals surface area contributed by atoms with Gasteiger partial charge >= 0.3 is 17.2 Å². The molecule has 3 saturated heterocycles. The van der Waals surface area contributed by atoms with Crippen molar-refractivity contribution in [3.8, 4) is 0 Å². The van der Waals surface area contributed by atoms with Crippen LogP contribution in [0.2, 0.25) is 0 Å². The summed E-state index contributed by atoms with van der Waals surface area (Å²) in [6, 6.07) is 0. The Morgan fingerprint density at radius 2 is 1.23 bits per heavy atom. The van der Waals surface area contributed by atoms with Crippen LogP contribution in [0.3, 0.4) is 0 Å². The Bertz CT molecular complexity index is 440. The average Bonchev–Trinajstić information content (AvgIpc) is 3.15. The van der Waals surface area contributed by atoms with Gasteiger partial charge in [0.05, 0.1) is 51.3 Å². The Morgan fingerprint density at radius 3 is 1.77 bits per heavy atom. The van der Waals surface area contributed by atoms with E-state index in [0.717, 1.165) is 12.8 Å². The van der Waals surface area contributed by atoms with Crippen molar-refractivity contribution in [1.82, 2.24) is 0 Å². The van der Waals surface area contributed by atoms with E-state index in [1.165, 1.54) is 0 Å². The topological polar surface area (TPSA) is 64.6 Å². The van der Waals surface area contributed by atoms with Gasteiger partial charge in [-0.25, -0.2) is 0 Å². The van der Waals surface area contributed by atoms with Crippen molar-refractivity contribution in [2.75, 3.05) is 33.0 Å². The number of ether oxygens (including phenoxy) is 1. The Hall–Kier alpha value is 0.580. The molecule has 0 amide bonds. The van der Waals surface area contributed by atoms with Crippen LogP contribution in [0.1, 0.15) is 40.5 Å². The van der Waals surface area contributed by atoms with Crippen molar-refractivity contribution in [3.05, 3.63) is 0 Å². The Kier molecular flexibility index (Phi) is 5.95. The fraction of sp³-hybridized carbons (Fsp3) is 1.00. The molecule has 0 bridgehead atoms. The van der Waals surface area contributed by atoms with Gasteiger partial charge in [-0.05, 0) is 12.8 Å². The first-order chi connectivity index (χ1) is 12.3. The predicted octanol–water partition coefficient (Wildman–Crippen LogP) is 4.17. The molecule has 0 spiro atoms. The lowest BCUT2D eigenvalue weighted by Crippen LogP contribution is -2.32. The third-order valence-electron chi connectivity index (χ3n) is 5.19. The van der Waals surface area contributed by atoms with Crippen LogP contribution in [-0.2, 0) is 31.9 Å². The second-order valence-electron chi connectivity index (χ2n) is 9.20. The monoisotopic (exact) mass is 408 g/mol. The van der Waals surface area contributed by atoms with Gasteiger partial charge in [0.25, 0.3) is 0 Å². The maximum Gasteiger partial charge on any atom is 0.333 e. The largest absolute Gasteiger partial charge is 0.372 e. The molecule has 150 valence electrons. The zero-order chi connectivity index (χ0) is 18.4. The first kappa shape index (κ1) is 19.9. The van der Waals surface area contributed by atoms with Crippen LogP contribution in [0.4, 0.5) is 0 Å². The van der Waals surface area contributed by atoms with E-state index < -0.39 is 17.2 Å². The Labute approximate surface area is 158 Å². The van der Waals surface area contributed by atoms with Crippen LogP contribution >= 0.6 is 17.2 Å². The van der Waals surface area contributed by atoms with E-state index >= 15 is 0 Å². The highest BCUT2D eigenvalue weighted by molar-refractivity contribution is 7.42. The molecule has 0 N–H and O–H groups in total. The molecular formula is C17H30O7P2. The van der Waals surface area contributed by atoms with Crippen molar-refractivity contribution in [3.63, 3.8) is 0 Å². The zero-order valence-electron chi connectivity index (χ0n) is 16.0. The average molecular weight is 408 g/mol. The van der Waals surface area contributed by atoms with Gasteiger partial charge in [-0.2, -0.15) is 0 Å². The molecule has 4 aliphatic rings. The van der Waals surface area contributed by atoms with Gasteiger partial charge < -0.3 is 31.9 Å². The molecule has 26 heavy (non-hydrogen) atoms. The van der Waals surface area contributed by atoms with E-state index in [9.17, 15) is 0 Å². The molecule has 0 aromatic carbocycles. The van der Waals surface area contributed by atoms with E-state index in [-0.39, 0.29) is 29.1 Å². The molecule has 3 heterocycles. The van der Waals surface area contributed by atoms with Crippen molar-refractivity contribution in [1.29, 1.82) is 0 Å². The van der Waals surface area contributed by atoms with Crippen molar-refractivity contribution in [2.45, 2.75) is 58.8 Å². The van der Waals surface area contributed by atoms with Gasteiger partial charge in [0.1, 0.15) is 0 Å². The highest BCUT2D eigenvalue weighted by Gasteiger charge is 2.50. The third-order valence-corrected chi connectivity index (χ3v) is 7.43. The third kappa shape index (κ3) is 4.59. The highest BCUT2D eigenvalue weighted by atomic mass is 31.2. The van der Waals surface area contributed by atoms with Crippen LogP contribution < -0.4 is 0 Å². The lowest BCUT2D eigenvalue weighted by Gasteiger charge is -2.34. The molecule has 3 aliphatic heterocycles. The summed E-state index contributed by atoms with van der Waals surface area (Å²) in [5, 5.41) is 0. The van der Waals surface area contributed by atoms with Crippen molar-refractivity contribution >= 4 is 17.2 Å². The quantitative estimate of drug-likeness (QED) is 0.647. The van der Waals surface area contributed by atoms with E-state index in [0.29, 0.717) is 39.0 Å². The summed E-state index contributed by atoms with van der Waals surface area (Å²) in [4.78, 5) is 0. The molecule has 1 saturated carbocycles. The molecule has 0 aromatic rings. The number of hydrogen-bond donors (Lipinski definition) is 0. The highest BCUT2D eigenvalue weighted by Crippen LogP contribution is 2.54. The van der Waals surface area contributed by atoms with Crippen LogP contribution in [0.5, 0.6) is 0 Å². The number of hydrogen-bond acceptors (Lipinski definition) is 7. The Balaban J connectivity index is 1.25. The van der Waals surface area contributed by atoms with Crippen molar-refractivity contribution in [2.24, 2.45) is 16.7 Å². The molecule has 4 fully saturated rings. The molecule has 0 unspecified atom stereocenters. The molecule has 0 radical (unpaired) electrons. The van der Waals surface area contributed by atoms with E-state index in [1.807, 2.05) is 0 Å². The molecular weight excluding hydrogens is 378 g/mol. The smallest absolute Gasteiger partial charge is 0.333 e. The first-order valence-electron chi connectivity index (χ1n) is 9.38. The summed E-state index contributed by atoms with van der Waals surface area (Å²) in [6.07, 6.45) is 2.03. The molecule has 4 atom stereocenters. The fourth-order valence-corrected chi connectivity index (χ4v) is 6.65. The van der Waals surface area contributed by atoms with Crippen LogP contribution in [0.25, 0.3) is 0 Å². The normalized spacial score (nSPS) is 40.6. The lowest BCUT2D eigenvalue weighted by atomic mass is 9.97. The lowest BCUT2D eigenvalue weighted by molar-refractivity contribution is -0.0219. The maximum atomic E-state index is 6.11. The van der Waals surface area contributed by atoms with Gasteiger partial charge in [0, 0.05) is 16.7 Å². The standard InChI is InChI=1S/C17H30O7P2/c1-16(2)8-19-25(20-9-16)23-13-6-5-12-14(7-18-15(12)13)24-26-21-10-17(3,4)11-22-26/h12-15H,5-11H2,1-4H3/t12-,13+,14-,15+/m1/s1. The minimum atomic E-state index is -1.27. The molecule has 1 aliphatic carbocycles. The molecule has 4 rings (SSSR count). The Morgan fingerprint density at radius 1 is 0.731 bits per heavy atom. The molecule has 0 aromatic heterocycles. The molecule has 9 heteroatoms. The SMILES string of the molecule is CC1(C)COP(O[C@H]2CC[C@H]3[C@@H]2OC[C@H]3OP2OCC(C)(C)CO2)OC1. The van der Waals surface area contributed by atoms with E-state index in [2.05, 4.69) is 27.7 Å². The summed E-state index contributed by atoms with van der Waals surface area (Å²) < 4.78 is 41.3. The van der Waals surface area contributed by atoms with E-state index in [4.69, 9.17) is 31.9 Å². The van der Waals surface area contributed by atoms with Gasteiger partial charge in [-0.15, -0.1) is 0 Å². The summed E-state index contributed by atoms with van der Waals surface area (Å²) >= 11 is 0. The second kappa shape index (κ2) is 7.78. The van der Waals surface area contributed by atoms with Gasteiger partial charge in [-0.3, -0.25) is 0 Å². The second-order valence-corrected chi connectivity index (χ2v) is 11.5. The van der Waals surface area contributed by atoms with Crippen molar-refractivity contribution < 1.29 is 31.9 Å². The molecule has 7 nitrogen and oxygen atoms in total. The van der Waals surface area contributed by atoms with E-state index in [1.54, 1.807) is 0 Å². The van der Waals surface area contributed by atoms with Crippen LogP contribution in [0, 0.1) is 16.7 Å². The van der Waals surface area contributed by atoms with Crippen LogP contribution in [-0.4, -0.2) is 51.3 Å². The summed E-state index contributed by atoms with van der Waals surface area (Å²) in [7, 11) is -2.54. The summed E-state index contributed by atoms with van der Waals surface area (Å²) in [5.41, 5.74) is 0.111. The van der Waals surface area contributed by atoms with Crippen LogP contribution in [0.15, 0.2) is 0 Å². The zero-order valence-corrected chi connectivity index (χ0v) is 17.8. The minimum Gasteiger partial charge on any atom is -0.372 e. The predicted molar refractivity (Wildman–Crippen MR) is 97.4 cm³/mol. The van der Waals surface area contributed by atoms with Gasteiger partial charge in [0.15, 0.2) is 0 Å². The maximum absolute atomic E-state index is 6.11. The van der Waals surface area contributed by atoms with Gasteiger partial charge in [0.2, 0.25) is 0 Å². The fourth-order valence-electron chi connectivity index (χ4n) is 3.55. The minimum absolute atomic E-state index is 0.0147. The summed E-state index contributed by atoms with van der Waals surface area (Å²) in [5.74, 6) is 0.320. The number of rotatable bonds is 4. The van der Waals surface area contributed by atoms with Gasteiger partial charge in [-0.1, -0.05) is 27.7 Å². The first-order valence-corrected chi connectivity index (χ1v) is 11.6. The summed E-state index contributed by atoms with van der Waals surface area (Å²) in [6.45, 7) is 11.8.